The standard InChI is InChI=1S/C10H14N2.C2H2O4/c11-7-10-9-4-2-1-3-8(9)5-6-12-10;3-1(4)2(5)6/h1-4,10,12H,5-7,11H2;(H,3,4)(H,5,6)/t10-;/m0./s1. The van der Waals surface area contributed by atoms with Gasteiger partial charge in [0.05, 0.1) is 0 Å². The van der Waals surface area contributed by atoms with Crippen molar-refractivity contribution in [2.45, 2.75) is 12.5 Å². The number of carboxylic acids is 2. The number of rotatable bonds is 1. The molecule has 0 aromatic heterocycles. The lowest BCUT2D eigenvalue weighted by atomic mass is 9.95. The number of carboxylic acid groups (broad SMARTS) is 2. The summed E-state index contributed by atoms with van der Waals surface area (Å²) in [5.74, 6) is -3.65. The lowest BCUT2D eigenvalue weighted by molar-refractivity contribution is -0.159. The van der Waals surface area contributed by atoms with Gasteiger partial charge in [-0.2, -0.15) is 0 Å². The topological polar surface area (TPSA) is 113 Å². The van der Waals surface area contributed by atoms with Crippen LogP contribution in [0.2, 0.25) is 0 Å². The molecular weight excluding hydrogens is 236 g/mol. The Morgan fingerprint density at radius 3 is 2.44 bits per heavy atom. The molecule has 1 aliphatic heterocycles. The van der Waals surface area contributed by atoms with E-state index in [4.69, 9.17) is 25.5 Å². The van der Waals surface area contributed by atoms with Crippen LogP contribution in [0, 0.1) is 0 Å². The highest BCUT2D eigenvalue weighted by Crippen LogP contribution is 2.20. The van der Waals surface area contributed by atoms with Gasteiger partial charge >= 0.3 is 11.9 Å². The van der Waals surface area contributed by atoms with Crippen LogP contribution in [-0.4, -0.2) is 35.2 Å². The summed E-state index contributed by atoms with van der Waals surface area (Å²) in [5.41, 5.74) is 8.49. The average molecular weight is 252 g/mol. The summed E-state index contributed by atoms with van der Waals surface area (Å²) in [6, 6.07) is 8.90. The molecule has 0 unspecified atom stereocenters. The van der Waals surface area contributed by atoms with E-state index in [-0.39, 0.29) is 0 Å². The Morgan fingerprint density at radius 2 is 1.89 bits per heavy atom. The molecule has 98 valence electrons. The quantitative estimate of drug-likeness (QED) is 0.523. The normalized spacial score (nSPS) is 17.1. The molecule has 18 heavy (non-hydrogen) atoms. The summed E-state index contributed by atoms with van der Waals surface area (Å²) >= 11 is 0. The van der Waals surface area contributed by atoms with Gasteiger partial charge in [0.1, 0.15) is 0 Å². The van der Waals surface area contributed by atoms with E-state index in [1.54, 1.807) is 0 Å². The summed E-state index contributed by atoms with van der Waals surface area (Å²) in [4.78, 5) is 18.2. The second kappa shape index (κ2) is 6.73. The molecule has 1 aromatic carbocycles. The summed E-state index contributed by atoms with van der Waals surface area (Å²) in [5, 5.41) is 18.2. The second-order valence-corrected chi connectivity index (χ2v) is 3.80. The maximum absolute atomic E-state index is 9.10. The summed E-state index contributed by atoms with van der Waals surface area (Å²) in [6.07, 6.45) is 1.13. The maximum atomic E-state index is 9.10. The van der Waals surface area contributed by atoms with Crippen LogP contribution in [0.4, 0.5) is 0 Å². The van der Waals surface area contributed by atoms with E-state index in [2.05, 4.69) is 29.6 Å². The fraction of sp³-hybridized carbons (Fsp3) is 0.333. The van der Waals surface area contributed by atoms with Crippen molar-refractivity contribution in [2.75, 3.05) is 13.1 Å². The van der Waals surface area contributed by atoms with Crippen LogP contribution in [-0.2, 0) is 16.0 Å². The monoisotopic (exact) mass is 252 g/mol. The lowest BCUT2D eigenvalue weighted by Crippen LogP contribution is -2.34. The second-order valence-electron chi connectivity index (χ2n) is 3.80. The highest BCUT2D eigenvalue weighted by Gasteiger charge is 2.16. The first kappa shape index (κ1) is 14.1. The number of nitrogens with two attached hydrogens (primary N) is 1. The zero-order valence-corrected chi connectivity index (χ0v) is 9.80. The fourth-order valence-electron chi connectivity index (χ4n) is 1.80. The maximum Gasteiger partial charge on any atom is 0.414 e. The van der Waals surface area contributed by atoms with Crippen molar-refractivity contribution < 1.29 is 19.8 Å². The Bertz CT molecular complexity index is 422. The fourth-order valence-corrected chi connectivity index (χ4v) is 1.80. The predicted octanol–water partition coefficient (Wildman–Crippen LogP) is -0.0123. The minimum atomic E-state index is -1.82. The highest BCUT2D eigenvalue weighted by atomic mass is 16.4. The van der Waals surface area contributed by atoms with Gasteiger partial charge < -0.3 is 21.3 Å². The van der Waals surface area contributed by atoms with Crippen molar-refractivity contribution in [3.05, 3.63) is 35.4 Å². The molecule has 0 fully saturated rings. The Kier molecular flexibility index (Phi) is 5.29. The van der Waals surface area contributed by atoms with Crippen molar-refractivity contribution in [1.29, 1.82) is 0 Å². The van der Waals surface area contributed by atoms with Crippen LogP contribution in [0.1, 0.15) is 17.2 Å². The molecule has 0 radical (unpaired) electrons. The predicted molar refractivity (Wildman–Crippen MR) is 65.2 cm³/mol. The van der Waals surface area contributed by atoms with E-state index in [1.165, 1.54) is 11.1 Å². The Balaban J connectivity index is 0.000000232. The first-order chi connectivity index (χ1) is 8.56. The number of fused-ring (bicyclic) bond motifs is 1. The average Bonchev–Trinajstić information content (AvgIpc) is 2.38. The SMILES string of the molecule is NC[C@@H]1NCCc2ccccc21.O=C(O)C(=O)O. The van der Waals surface area contributed by atoms with Crippen molar-refractivity contribution >= 4 is 11.9 Å². The van der Waals surface area contributed by atoms with Gasteiger partial charge in [-0.05, 0) is 24.1 Å². The molecular formula is C12H16N2O4. The van der Waals surface area contributed by atoms with E-state index in [0.717, 1.165) is 13.0 Å². The molecule has 5 N–H and O–H groups in total. The minimum Gasteiger partial charge on any atom is -0.473 e. The van der Waals surface area contributed by atoms with Crippen LogP contribution in [0.15, 0.2) is 24.3 Å². The van der Waals surface area contributed by atoms with Crippen LogP contribution < -0.4 is 11.1 Å². The van der Waals surface area contributed by atoms with Crippen LogP contribution in [0.25, 0.3) is 0 Å². The number of nitrogens with one attached hydrogen (secondary N) is 1. The molecule has 1 aromatic rings. The molecule has 0 saturated heterocycles. The largest absolute Gasteiger partial charge is 0.473 e. The van der Waals surface area contributed by atoms with Gasteiger partial charge in [0.2, 0.25) is 0 Å². The molecule has 2 rings (SSSR count). The zero-order valence-electron chi connectivity index (χ0n) is 9.80. The Hall–Kier alpha value is -1.92. The summed E-state index contributed by atoms with van der Waals surface area (Å²) in [7, 11) is 0. The molecule has 1 aliphatic rings. The molecule has 0 saturated carbocycles. The molecule has 1 atom stereocenters. The van der Waals surface area contributed by atoms with Crippen molar-refractivity contribution in [2.24, 2.45) is 5.73 Å². The Labute approximate surface area is 104 Å². The van der Waals surface area contributed by atoms with E-state index in [9.17, 15) is 0 Å². The van der Waals surface area contributed by atoms with E-state index < -0.39 is 11.9 Å². The van der Waals surface area contributed by atoms with Crippen LogP contribution >= 0.6 is 0 Å². The third kappa shape index (κ3) is 3.83. The summed E-state index contributed by atoms with van der Waals surface area (Å²) in [6.45, 7) is 1.75. The molecule has 0 spiro atoms. The third-order valence-corrected chi connectivity index (χ3v) is 2.63. The van der Waals surface area contributed by atoms with E-state index in [1.807, 2.05) is 0 Å². The van der Waals surface area contributed by atoms with Crippen molar-refractivity contribution in [3.63, 3.8) is 0 Å². The van der Waals surface area contributed by atoms with Gasteiger partial charge in [-0.15, -0.1) is 0 Å². The first-order valence-electron chi connectivity index (χ1n) is 5.53. The highest BCUT2D eigenvalue weighted by molar-refractivity contribution is 6.27. The smallest absolute Gasteiger partial charge is 0.414 e. The van der Waals surface area contributed by atoms with Gasteiger partial charge in [0.15, 0.2) is 0 Å². The Morgan fingerprint density at radius 1 is 1.28 bits per heavy atom. The molecule has 0 bridgehead atoms. The van der Waals surface area contributed by atoms with E-state index >= 15 is 0 Å². The van der Waals surface area contributed by atoms with Crippen molar-refractivity contribution in [3.8, 4) is 0 Å². The molecule has 1 heterocycles. The summed E-state index contributed by atoms with van der Waals surface area (Å²) < 4.78 is 0. The van der Waals surface area contributed by atoms with Gasteiger partial charge in [-0.1, -0.05) is 24.3 Å². The minimum absolute atomic E-state index is 0.370. The molecule has 6 heteroatoms. The van der Waals surface area contributed by atoms with Gasteiger partial charge in [0.25, 0.3) is 0 Å². The van der Waals surface area contributed by atoms with Gasteiger partial charge in [0, 0.05) is 12.6 Å². The number of benzene rings is 1. The van der Waals surface area contributed by atoms with Gasteiger partial charge in [-0.3, -0.25) is 0 Å². The number of hydrogen-bond donors (Lipinski definition) is 4. The lowest BCUT2D eigenvalue weighted by Gasteiger charge is -2.25. The van der Waals surface area contributed by atoms with Gasteiger partial charge in [-0.25, -0.2) is 9.59 Å². The number of carbonyl (C=O) groups is 2. The van der Waals surface area contributed by atoms with Crippen LogP contribution in [0.3, 0.4) is 0 Å². The molecule has 0 amide bonds. The number of hydrogen-bond acceptors (Lipinski definition) is 4. The molecule has 0 aliphatic carbocycles. The van der Waals surface area contributed by atoms with Crippen LogP contribution in [0.5, 0.6) is 0 Å². The number of aliphatic carboxylic acids is 2. The zero-order chi connectivity index (χ0) is 13.5. The molecule has 6 nitrogen and oxygen atoms in total. The third-order valence-electron chi connectivity index (χ3n) is 2.63. The first-order valence-corrected chi connectivity index (χ1v) is 5.53. The van der Waals surface area contributed by atoms with Crippen molar-refractivity contribution in [1.82, 2.24) is 5.32 Å². The van der Waals surface area contributed by atoms with E-state index in [0.29, 0.717) is 12.6 Å².